The predicted octanol–water partition coefficient (Wildman–Crippen LogP) is 2.47. The van der Waals surface area contributed by atoms with Gasteiger partial charge in [0.2, 0.25) is 0 Å². The lowest BCUT2D eigenvalue weighted by molar-refractivity contribution is 0.0455. The Hall–Kier alpha value is -0.0300. The van der Waals surface area contributed by atoms with E-state index in [2.05, 4.69) is 34.1 Å². The Morgan fingerprint density at radius 3 is 2.80 bits per heavy atom. The molecule has 1 saturated heterocycles. The van der Waals surface area contributed by atoms with Gasteiger partial charge in [-0.15, -0.1) is 11.8 Å². The number of aliphatic hydroxyl groups is 1. The topological polar surface area (TPSA) is 29.5 Å². The van der Waals surface area contributed by atoms with Crippen LogP contribution in [0.15, 0.2) is 27.6 Å². The van der Waals surface area contributed by atoms with Crippen molar-refractivity contribution >= 4 is 27.7 Å². The predicted molar refractivity (Wildman–Crippen MR) is 65.4 cm³/mol. The highest BCUT2D eigenvalue weighted by Crippen LogP contribution is 2.34. The van der Waals surface area contributed by atoms with E-state index < -0.39 is 0 Å². The van der Waals surface area contributed by atoms with E-state index in [1.165, 1.54) is 10.5 Å². The fourth-order valence-electron chi connectivity index (χ4n) is 1.39. The van der Waals surface area contributed by atoms with Gasteiger partial charge in [0.05, 0.1) is 18.5 Å². The van der Waals surface area contributed by atoms with E-state index in [1.807, 2.05) is 11.8 Å². The Morgan fingerprint density at radius 2 is 2.27 bits per heavy atom. The molecule has 1 aliphatic rings. The van der Waals surface area contributed by atoms with Gasteiger partial charge in [-0.2, -0.15) is 0 Å². The lowest BCUT2D eigenvalue weighted by atomic mass is 10.2. The molecule has 1 aromatic carbocycles. The second kappa shape index (κ2) is 5.34. The Bertz CT molecular complexity index is 339. The van der Waals surface area contributed by atoms with E-state index in [4.69, 9.17) is 9.84 Å². The summed E-state index contributed by atoms with van der Waals surface area (Å²) in [5, 5.41) is 9.44. The lowest BCUT2D eigenvalue weighted by Gasteiger charge is -2.25. The quantitative estimate of drug-likeness (QED) is 0.923. The molecule has 0 unspecified atom stereocenters. The molecule has 1 aliphatic heterocycles. The summed E-state index contributed by atoms with van der Waals surface area (Å²) in [6.45, 7) is 1.92. The van der Waals surface area contributed by atoms with E-state index in [9.17, 15) is 0 Å². The summed E-state index contributed by atoms with van der Waals surface area (Å²) in [7, 11) is 0. The fourth-order valence-corrected chi connectivity index (χ4v) is 3.10. The smallest absolute Gasteiger partial charge is 0.0611 e. The van der Waals surface area contributed by atoms with Gasteiger partial charge in [0.1, 0.15) is 0 Å². The highest BCUT2D eigenvalue weighted by Gasteiger charge is 2.20. The third kappa shape index (κ3) is 2.97. The first-order valence-corrected chi connectivity index (χ1v) is 6.60. The van der Waals surface area contributed by atoms with Gasteiger partial charge in [-0.1, -0.05) is 6.07 Å². The zero-order chi connectivity index (χ0) is 10.7. The minimum atomic E-state index is 0.204. The van der Waals surface area contributed by atoms with Gasteiger partial charge >= 0.3 is 0 Å². The van der Waals surface area contributed by atoms with Crippen LogP contribution in [0.4, 0.5) is 0 Å². The van der Waals surface area contributed by atoms with Crippen molar-refractivity contribution < 1.29 is 9.84 Å². The van der Waals surface area contributed by atoms with Crippen molar-refractivity contribution in [2.24, 2.45) is 0 Å². The standard InChI is InChI=1S/C11H13BrO2S/c12-10-5-8(3-4-13)1-2-11(10)15-9-6-14-7-9/h1-2,5,9,13H,3-4,6-7H2. The summed E-state index contributed by atoms with van der Waals surface area (Å²) in [6.07, 6.45) is 0.718. The third-order valence-corrected chi connectivity index (χ3v) is 4.43. The molecule has 1 N–H and O–H groups in total. The molecular formula is C11H13BrO2S. The molecule has 0 aliphatic carbocycles. The van der Waals surface area contributed by atoms with Crippen molar-refractivity contribution in [2.45, 2.75) is 16.6 Å². The zero-order valence-corrected chi connectivity index (χ0v) is 10.7. The number of hydrogen-bond acceptors (Lipinski definition) is 3. The maximum Gasteiger partial charge on any atom is 0.0611 e. The van der Waals surface area contributed by atoms with Gasteiger partial charge in [0.25, 0.3) is 0 Å². The van der Waals surface area contributed by atoms with Crippen LogP contribution in [0, 0.1) is 0 Å². The minimum Gasteiger partial charge on any atom is -0.396 e. The van der Waals surface area contributed by atoms with Crippen LogP contribution in [0.3, 0.4) is 0 Å². The van der Waals surface area contributed by atoms with Crippen LogP contribution >= 0.6 is 27.7 Å². The monoisotopic (exact) mass is 288 g/mol. The SMILES string of the molecule is OCCc1ccc(SC2COC2)c(Br)c1. The van der Waals surface area contributed by atoms with E-state index in [0.29, 0.717) is 5.25 Å². The molecule has 2 nitrogen and oxygen atoms in total. The average molecular weight is 289 g/mol. The first kappa shape index (κ1) is 11.5. The normalized spacial score (nSPS) is 16.4. The molecule has 1 fully saturated rings. The summed E-state index contributed by atoms with van der Waals surface area (Å²) < 4.78 is 6.26. The average Bonchev–Trinajstić information content (AvgIpc) is 2.14. The maximum atomic E-state index is 8.84. The summed E-state index contributed by atoms with van der Waals surface area (Å²) >= 11 is 5.41. The molecule has 0 atom stereocenters. The molecule has 15 heavy (non-hydrogen) atoms. The molecule has 0 bridgehead atoms. The second-order valence-electron chi connectivity index (χ2n) is 3.52. The molecular weight excluding hydrogens is 276 g/mol. The van der Waals surface area contributed by atoms with Crippen molar-refractivity contribution in [3.63, 3.8) is 0 Å². The molecule has 1 heterocycles. The van der Waals surface area contributed by atoms with Crippen LogP contribution in [-0.4, -0.2) is 30.2 Å². The van der Waals surface area contributed by atoms with E-state index in [1.54, 1.807) is 0 Å². The first-order valence-electron chi connectivity index (χ1n) is 4.93. The minimum absolute atomic E-state index is 0.204. The van der Waals surface area contributed by atoms with Gasteiger partial charge in [-0.3, -0.25) is 0 Å². The van der Waals surface area contributed by atoms with Crippen molar-refractivity contribution in [3.8, 4) is 0 Å². The number of rotatable bonds is 4. The van der Waals surface area contributed by atoms with Crippen LogP contribution in [0.25, 0.3) is 0 Å². The highest BCUT2D eigenvalue weighted by molar-refractivity contribution is 9.10. The molecule has 0 spiro atoms. The van der Waals surface area contributed by atoms with Crippen LogP contribution < -0.4 is 0 Å². The Kier molecular flexibility index (Phi) is 4.08. The second-order valence-corrected chi connectivity index (χ2v) is 5.71. The molecule has 1 aromatic rings. The van der Waals surface area contributed by atoms with E-state index in [-0.39, 0.29) is 6.61 Å². The number of hydrogen-bond donors (Lipinski definition) is 1. The zero-order valence-electron chi connectivity index (χ0n) is 8.28. The molecule has 2 rings (SSSR count). The van der Waals surface area contributed by atoms with Crippen molar-refractivity contribution in [1.82, 2.24) is 0 Å². The van der Waals surface area contributed by atoms with Crippen LogP contribution in [0.5, 0.6) is 0 Å². The Balaban J connectivity index is 2.04. The summed E-state index contributed by atoms with van der Waals surface area (Å²) in [5.41, 5.74) is 1.17. The number of benzene rings is 1. The molecule has 0 amide bonds. The van der Waals surface area contributed by atoms with Crippen molar-refractivity contribution in [3.05, 3.63) is 28.2 Å². The number of ether oxygens (including phenoxy) is 1. The number of aliphatic hydroxyl groups excluding tert-OH is 1. The van der Waals surface area contributed by atoms with Crippen molar-refractivity contribution in [2.75, 3.05) is 19.8 Å². The van der Waals surface area contributed by atoms with Crippen molar-refractivity contribution in [1.29, 1.82) is 0 Å². The molecule has 0 aromatic heterocycles. The lowest BCUT2D eigenvalue weighted by Crippen LogP contribution is -2.30. The summed E-state index contributed by atoms with van der Waals surface area (Å²) in [5.74, 6) is 0. The van der Waals surface area contributed by atoms with Gasteiger partial charge in [0, 0.05) is 16.0 Å². The Labute approximate surface area is 102 Å². The fraction of sp³-hybridized carbons (Fsp3) is 0.455. The molecule has 4 heteroatoms. The number of thioether (sulfide) groups is 1. The van der Waals surface area contributed by atoms with Crippen LogP contribution in [-0.2, 0) is 11.2 Å². The van der Waals surface area contributed by atoms with E-state index in [0.717, 1.165) is 24.1 Å². The van der Waals surface area contributed by atoms with Gasteiger partial charge in [-0.25, -0.2) is 0 Å². The molecule has 82 valence electrons. The maximum absolute atomic E-state index is 8.84. The Morgan fingerprint density at radius 1 is 1.47 bits per heavy atom. The summed E-state index contributed by atoms with van der Waals surface area (Å²) in [4.78, 5) is 1.25. The largest absolute Gasteiger partial charge is 0.396 e. The van der Waals surface area contributed by atoms with E-state index >= 15 is 0 Å². The van der Waals surface area contributed by atoms with Gasteiger partial charge in [-0.05, 0) is 40.0 Å². The third-order valence-electron chi connectivity index (χ3n) is 2.30. The first-order chi connectivity index (χ1) is 7.29. The molecule has 0 radical (unpaired) electrons. The van der Waals surface area contributed by atoms with Gasteiger partial charge < -0.3 is 9.84 Å². The highest BCUT2D eigenvalue weighted by atomic mass is 79.9. The van der Waals surface area contributed by atoms with Crippen LogP contribution in [0.1, 0.15) is 5.56 Å². The molecule has 0 saturated carbocycles. The number of halogens is 1. The summed E-state index contributed by atoms with van der Waals surface area (Å²) in [6, 6.07) is 6.26. The van der Waals surface area contributed by atoms with Gasteiger partial charge in [0.15, 0.2) is 0 Å². The van der Waals surface area contributed by atoms with Crippen LogP contribution in [0.2, 0.25) is 0 Å².